The standard InChI is InChI=1S/C13H17N5OS/c1-2-5-16-13-18-11(14)10(20-13)12(19)17-8-9-4-3-6-15-7-9/h3-4,6-7H,2,5,8,14H2,1H3,(H,16,18)(H,17,19). The minimum absolute atomic E-state index is 0.214. The average molecular weight is 291 g/mol. The van der Waals surface area contributed by atoms with Crippen molar-refractivity contribution >= 4 is 28.2 Å². The third-order valence-corrected chi connectivity index (χ3v) is 3.59. The van der Waals surface area contributed by atoms with Gasteiger partial charge in [0.2, 0.25) is 0 Å². The van der Waals surface area contributed by atoms with Crippen LogP contribution in [0.15, 0.2) is 24.5 Å². The fourth-order valence-corrected chi connectivity index (χ4v) is 2.39. The first kappa shape index (κ1) is 14.3. The van der Waals surface area contributed by atoms with Gasteiger partial charge in [-0.25, -0.2) is 4.98 Å². The Morgan fingerprint density at radius 1 is 1.50 bits per heavy atom. The van der Waals surface area contributed by atoms with Gasteiger partial charge in [-0.2, -0.15) is 0 Å². The summed E-state index contributed by atoms with van der Waals surface area (Å²) in [5.74, 6) is 0.0469. The molecule has 2 heterocycles. The van der Waals surface area contributed by atoms with Crippen molar-refractivity contribution < 1.29 is 4.79 Å². The van der Waals surface area contributed by atoms with Gasteiger partial charge >= 0.3 is 0 Å². The van der Waals surface area contributed by atoms with Crippen LogP contribution in [0.3, 0.4) is 0 Å². The van der Waals surface area contributed by atoms with Gasteiger partial charge in [-0.1, -0.05) is 24.3 Å². The molecule has 0 saturated heterocycles. The van der Waals surface area contributed by atoms with E-state index in [4.69, 9.17) is 5.73 Å². The first-order valence-corrected chi connectivity index (χ1v) is 7.19. The number of thiazole rings is 1. The number of nitrogens with zero attached hydrogens (tertiary/aromatic N) is 2. The summed E-state index contributed by atoms with van der Waals surface area (Å²) in [4.78, 5) is 20.6. The Kier molecular flexibility index (Phi) is 4.89. The molecule has 0 saturated carbocycles. The molecule has 0 fully saturated rings. The van der Waals surface area contributed by atoms with Gasteiger partial charge in [0.05, 0.1) is 0 Å². The Hall–Kier alpha value is -2.15. The third-order valence-electron chi connectivity index (χ3n) is 2.56. The summed E-state index contributed by atoms with van der Waals surface area (Å²) < 4.78 is 0. The van der Waals surface area contributed by atoms with Gasteiger partial charge < -0.3 is 16.4 Å². The summed E-state index contributed by atoms with van der Waals surface area (Å²) in [6, 6.07) is 3.73. The van der Waals surface area contributed by atoms with E-state index in [0.717, 1.165) is 18.5 Å². The molecular weight excluding hydrogens is 274 g/mol. The van der Waals surface area contributed by atoms with Crippen molar-refractivity contribution in [2.45, 2.75) is 19.9 Å². The Labute approximate surface area is 121 Å². The van der Waals surface area contributed by atoms with Crippen LogP contribution in [0.25, 0.3) is 0 Å². The third kappa shape index (κ3) is 3.67. The van der Waals surface area contributed by atoms with E-state index < -0.39 is 0 Å². The predicted molar refractivity (Wildman–Crippen MR) is 80.7 cm³/mol. The molecule has 7 heteroatoms. The summed E-state index contributed by atoms with van der Waals surface area (Å²) in [6.07, 6.45) is 4.39. The first-order valence-electron chi connectivity index (χ1n) is 6.38. The van der Waals surface area contributed by atoms with Gasteiger partial charge in [0.15, 0.2) is 5.13 Å². The number of hydrogen-bond donors (Lipinski definition) is 3. The maximum atomic E-state index is 12.1. The molecule has 0 unspecified atom stereocenters. The van der Waals surface area contributed by atoms with E-state index in [-0.39, 0.29) is 11.7 Å². The van der Waals surface area contributed by atoms with Crippen LogP contribution < -0.4 is 16.4 Å². The Morgan fingerprint density at radius 2 is 2.35 bits per heavy atom. The largest absolute Gasteiger partial charge is 0.382 e. The van der Waals surface area contributed by atoms with Crippen LogP contribution in [-0.4, -0.2) is 22.4 Å². The van der Waals surface area contributed by atoms with Crippen molar-refractivity contribution in [3.8, 4) is 0 Å². The highest BCUT2D eigenvalue weighted by atomic mass is 32.1. The fraction of sp³-hybridized carbons (Fsp3) is 0.308. The highest BCUT2D eigenvalue weighted by molar-refractivity contribution is 7.18. The number of anilines is 2. The van der Waals surface area contributed by atoms with Gasteiger partial charge in [0.25, 0.3) is 5.91 Å². The number of rotatable bonds is 6. The van der Waals surface area contributed by atoms with Crippen molar-refractivity contribution in [2.24, 2.45) is 0 Å². The van der Waals surface area contributed by atoms with Gasteiger partial charge in [0, 0.05) is 25.5 Å². The van der Waals surface area contributed by atoms with E-state index >= 15 is 0 Å². The molecule has 0 spiro atoms. The summed E-state index contributed by atoms with van der Waals surface area (Å²) in [5.41, 5.74) is 6.71. The topological polar surface area (TPSA) is 92.9 Å². The number of nitrogens with two attached hydrogens (primary N) is 1. The van der Waals surface area contributed by atoms with Crippen molar-refractivity contribution in [3.05, 3.63) is 35.0 Å². The minimum Gasteiger partial charge on any atom is -0.382 e. The minimum atomic E-state index is -0.214. The quantitative estimate of drug-likeness (QED) is 0.755. The molecule has 0 bridgehead atoms. The molecule has 0 aliphatic heterocycles. The highest BCUT2D eigenvalue weighted by Gasteiger charge is 2.15. The second-order valence-electron chi connectivity index (χ2n) is 4.20. The zero-order chi connectivity index (χ0) is 14.4. The van der Waals surface area contributed by atoms with E-state index in [2.05, 4.69) is 27.5 Å². The lowest BCUT2D eigenvalue weighted by atomic mass is 10.3. The normalized spacial score (nSPS) is 10.2. The number of aromatic nitrogens is 2. The van der Waals surface area contributed by atoms with Gasteiger partial charge in [-0.15, -0.1) is 0 Å². The van der Waals surface area contributed by atoms with E-state index in [0.29, 0.717) is 16.6 Å². The summed E-state index contributed by atoms with van der Waals surface area (Å²) in [5, 5.41) is 6.61. The van der Waals surface area contributed by atoms with Gasteiger partial charge in [-0.3, -0.25) is 9.78 Å². The SMILES string of the molecule is CCCNc1nc(N)c(C(=O)NCc2cccnc2)s1. The first-order chi connectivity index (χ1) is 9.70. The Bertz CT molecular complexity index is 569. The lowest BCUT2D eigenvalue weighted by Gasteiger charge is -2.03. The maximum absolute atomic E-state index is 12.1. The zero-order valence-corrected chi connectivity index (χ0v) is 12.0. The van der Waals surface area contributed by atoms with Crippen LogP contribution in [0.4, 0.5) is 10.9 Å². The van der Waals surface area contributed by atoms with E-state index in [1.54, 1.807) is 12.4 Å². The number of pyridine rings is 1. The molecule has 4 N–H and O–H groups in total. The fourth-order valence-electron chi connectivity index (χ4n) is 1.57. The predicted octanol–water partition coefficient (Wildman–Crippen LogP) is 1.87. The smallest absolute Gasteiger partial charge is 0.265 e. The molecule has 2 aromatic rings. The second-order valence-corrected chi connectivity index (χ2v) is 5.20. The number of hydrogen-bond acceptors (Lipinski definition) is 6. The molecule has 0 aliphatic rings. The van der Waals surface area contributed by atoms with E-state index in [9.17, 15) is 4.79 Å². The molecule has 0 radical (unpaired) electrons. The van der Waals surface area contributed by atoms with Crippen LogP contribution in [0.2, 0.25) is 0 Å². The lowest BCUT2D eigenvalue weighted by Crippen LogP contribution is -2.22. The molecule has 2 aromatic heterocycles. The molecule has 0 atom stereocenters. The Balaban J connectivity index is 1.96. The molecule has 0 aliphatic carbocycles. The van der Waals surface area contributed by atoms with Crippen molar-refractivity contribution in [1.29, 1.82) is 0 Å². The summed E-state index contributed by atoms with van der Waals surface area (Å²) in [7, 11) is 0. The van der Waals surface area contributed by atoms with Gasteiger partial charge in [0.1, 0.15) is 10.7 Å². The van der Waals surface area contributed by atoms with Gasteiger partial charge in [-0.05, 0) is 18.1 Å². The molecule has 20 heavy (non-hydrogen) atoms. The molecule has 1 amide bonds. The van der Waals surface area contributed by atoms with Crippen LogP contribution >= 0.6 is 11.3 Å². The number of nitrogen functional groups attached to an aromatic ring is 1. The molecular formula is C13H17N5OS. The van der Waals surface area contributed by atoms with E-state index in [1.165, 1.54) is 11.3 Å². The van der Waals surface area contributed by atoms with Crippen LogP contribution in [0.1, 0.15) is 28.6 Å². The number of nitrogens with one attached hydrogen (secondary N) is 2. The van der Waals surface area contributed by atoms with Crippen molar-refractivity contribution in [3.63, 3.8) is 0 Å². The molecule has 106 valence electrons. The maximum Gasteiger partial charge on any atom is 0.265 e. The molecule has 2 rings (SSSR count). The number of carbonyl (C=O) groups excluding carboxylic acids is 1. The zero-order valence-electron chi connectivity index (χ0n) is 11.2. The lowest BCUT2D eigenvalue weighted by molar-refractivity contribution is 0.0955. The summed E-state index contributed by atoms with van der Waals surface area (Å²) >= 11 is 1.27. The molecule has 6 nitrogen and oxygen atoms in total. The number of amides is 1. The highest BCUT2D eigenvalue weighted by Crippen LogP contribution is 2.24. The summed E-state index contributed by atoms with van der Waals surface area (Å²) in [6.45, 7) is 3.29. The van der Waals surface area contributed by atoms with Crippen LogP contribution in [0.5, 0.6) is 0 Å². The average Bonchev–Trinajstić information content (AvgIpc) is 2.85. The van der Waals surface area contributed by atoms with E-state index in [1.807, 2.05) is 12.1 Å². The van der Waals surface area contributed by atoms with Crippen LogP contribution in [0, 0.1) is 0 Å². The monoisotopic (exact) mass is 291 g/mol. The van der Waals surface area contributed by atoms with Crippen LogP contribution in [-0.2, 0) is 6.54 Å². The Morgan fingerprint density at radius 3 is 3.05 bits per heavy atom. The van der Waals surface area contributed by atoms with Crippen molar-refractivity contribution in [2.75, 3.05) is 17.6 Å². The van der Waals surface area contributed by atoms with Crippen molar-refractivity contribution in [1.82, 2.24) is 15.3 Å². The second kappa shape index (κ2) is 6.85. The molecule has 0 aromatic carbocycles. The number of carbonyl (C=O) groups is 1.